The molecule has 0 bridgehead atoms. The van der Waals surface area contributed by atoms with Crippen molar-refractivity contribution < 1.29 is 4.42 Å². The molecule has 0 spiro atoms. The van der Waals surface area contributed by atoms with Crippen LogP contribution in [0.15, 0.2) is 64.7 Å². The van der Waals surface area contributed by atoms with Gasteiger partial charge in [-0.1, -0.05) is 60.8 Å². The van der Waals surface area contributed by atoms with E-state index in [0.717, 1.165) is 22.4 Å². The van der Waals surface area contributed by atoms with Gasteiger partial charge in [0.05, 0.1) is 0 Å². The zero-order chi connectivity index (χ0) is 13.1. The summed E-state index contributed by atoms with van der Waals surface area (Å²) in [5, 5.41) is 0.717. The van der Waals surface area contributed by atoms with Crippen molar-refractivity contribution >= 4 is 28.9 Å². The molecule has 3 aromatic rings. The molecule has 0 amide bonds. The van der Waals surface area contributed by atoms with Crippen LogP contribution in [0.4, 0.5) is 0 Å². The Kier molecular flexibility index (Phi) is 3.38. The van der Waals surface area contributed by atoms with Crippen molar-refractivity contribution in [3.8, 4) is 0 Å². The molecule has 0 fully saturated rings. The molecule has 0 atom stereocenters. The van der Waals surface area contributed by atoms with Crippen molar-refractivity contribution in [2.24, 2.45) is 0 Å². The Hall–Kier alpha value is -2.00. The van der Waals surface area contributed by atoms with E-state index < -0.39 is 0 Å². The van der Waals surface area contributed by atoms with Crippen LogP contribution in [0.2, 0.25) is 0 Å². The van der Waals surface area contributed by atoms with E-state index in [1.807, 2.05) is 30.3 Å². The van der Waals surface area contributed by atoms with Crippen LogP contribution in [-0.4, -0.2) is 4.98 Å². The molecule has 3 heteroatoms. The molecule has 0 saturated heterocycles. The molecule has 0 N–H and O–H groups in total. The summed E-state index contributed by atoms with van der Waals surface area (Å²) < 4.78 is 5.67. The van der Waals surface area contributed by atoms with E-state index >= 15 is 0 Å². The number of aromatic nitrogens is 1. The lowest BCUT2D eigenvalue weighted by Crippen LogP contribution is -1.81. The van der Waals surface area contributed by atoms with Crippen molar-refractivity contribution in [1.82, 2.24) is 4.98 Å². The molecule has 1 aromatic heterocycles. The van der Waals surface area contributed by atoms with E-state index in [9.17, 15) is 0 Å². The minimum Gasteiger partial charge on any atom is -0.431 e. The van der Waals surface area contributed by atoms with Crippen LogP contribution >= 0.6 is 11.8 Å². The second-order valence-electron chi connectivity index (χ2n) is 4.18. The van der Waals surface area contributed by atoms with Gasteiger partial charge in [0, 0.05) is 5.75 Å². The zero-order valence-corrected chi connectivity index (χ0v) is 11.2. The normalized spacial score (nSPS) is 10.7. The number of para-hydroxylation sites is 2. The third-order valence-corrected chi connectivity index (χ3v) is 3.75. The van der Waals surface area contributed by atoms with Crippen molar-refractivity contribution in [2.75, 3.05) is 0 Å². The lowest BCUT2D eigenvalue weighted by atomic mass is 10.1. The molecule has 0 aliphatic carbocycles. The monoisotopic (exact) mass is 267 g/mol. The van der Waals surface area contributed by atoms with E-state index in [4.69, 9.17) is 4.42 Å². The molecule has 0 aliphatic heterocycles. The van der Waals surface area contributed by atoms with Crippen molar-refractivity contribution in [2.45, 2.75) is 11.0 Å². The van der Waals surface area contributed by atoms with Gasteiger partial charge in [-0.2, -0.15) is 0 Å². The van der Waals surface area contributed by atoms with Crippen LogP contribution in [0, 0.1) is 0 Å². The Morgan fingerprint density at radius 3 is 2.63 bits per heavy atom. The molecule has 3 rings (SSSR count). The van der Waals surface area contributed by atoms with E-state index in [1.54, 1.807) is 11.8 Å². The molecule has 0 radical (unpaired) electrons. The molecule has 19 heavy (non-hydrogen) atoms. The smallest absolute Gasteiger partial charge is 0.257 e. The van der Waals surface area contributed by atoms with Crippen molar-refractivity contribution in [1.29, 1.82) is 0 Å². The molecular formula is C16H13NOS. The van der Waals surface area contributed by atoms with Gasteiger partial charge in [0.1, 0.15) is 5.52 Å². The number of benzene rings is 2. The van der Waals surface area contributed by atoms with Gasteiger partial charge in [-0.15, -0.1) is 0 Å². The fourth-order valence-electron chi connectivity index (χ4n) is 1.81. The van der Waals surface area contributed by atoms with Crippen molar-refractivity contribution in [3.05, 3.63) is 66.2 Å². The van der Waals surface area contributed by atoms with Gasteiger partial charge in [-0.3, -0.25) is 0 Å². The maximum Gasteiger partial charge on any atom is 0.257 e. The van der Waals surface area contributed by atoms with Gasteiger partial charge >= 0.3 is 0 Å². The Labute approximate surface area is 116 Å². The average molecular weight is 267 g/mol. The van der Waals surface area contributed by atoms with Crippen molar-refractivity contribution in [3.63, 3.8) is 0 Å². The number of fused-ring (bicyclic) bond motifs is 1. The first kappa shape index (κ1) is 12.1. The highest BCUT2D eigenvalue weighted by molar-refractivity contribution is 7.98. The predicted octanol–water partition coefficient (Wildman–Crippen LogP) is 4.76. The minimum absolute atomic E-state index is 0.717. The number of rotatable bonds is 4. The van der Waals surface area contributed by atoms with E-state index in [-0.39, 0.29) is 0 Å². The van der Waals surface area contributed by atoms with Gasteiger partial charge in [-0.05, 0) is 23.3 Å². The van der Waals surface area contributed by atoms with Crippen LogP contribution in [0.5, 0.6) is 0 Å². The summed E-state index contributed by atoms with van der Waals surface area (Å²) in [6.07, 6.45) is 1.84. The molecule has 1 heterocycles. The zero-order valence-electron chi connectivity index (χ0n) is 10.4. The maximum atomic E-state index is 5.67. The fraction of sp³-hybridized carbons (Fsp3) is 0.0625. The lowest BCUT2D eigenvalue weighted by Gasteiger charge is -1.99. The summed E-state index contributed by atoms with van der Waals surface area (Å²) in [6.45, 7) is 3.75. The summed E-state index contributed by atoms with van der Waals surface area (Å²) in [5.41, 5.74) is 4.13. The van der Waals surface area contributed by atoms with Gasteiger partial charge in [0.15, 0.2) is 5.58 Å². The highest BCUT2D eigenvalue weighted by atomic mass is 32.2. The molecule has 0 unspecified atom stereocenters. The Balaban J connectivity index is 1.72. The van der Waals surface area contributed by atoms with Crippen LogP contribution in [0.3, 0.4) is 0 Å². The second-order valence-corrected chi connectivity index (χ2v) is 5.11. The molecule has 2 aromatic carbocycles. The van der Waals surface area contributed by atoms with Crippen LogP contribution in [-0.2, 0) is 5.75 Å². The molecule has 2 nitrogen and oxygen atoms in total. The third-order valence-electron chi connectivity index (χ3n) is 2.85. The molecule has 0 aliphatic rings. The first-order valence-corrected chi connectivity index (χ1v) is 7.03. The summed E-state index contributed by atoms with van der Waals surface area (Å²) in [4.78, 5) is 4.44. The van der Waals surface area contributed by atoms with E-state index in [1.165, 1.54) is 5.56 Å². The number of hydrogen-bond acceptors (Lipinski definition) is 3. The summed E-state index contributed by atoms with van der Waals surface area (Å²) in [7, 11) is 0. The third kappa shape index (κ3) is 2.71. The molecule has 0 saturated carbocycles. The largest absolute Gasteiger partial charge is 0.431 e. The Morgan fingerprint density at radius 2 is 1.89 bits per heavy atom. The summed E-state index contributed by atoms with van der Waals surface area (Å²) >= 11 is 1.61. The number of oxazole rings is 1. The summed E-state index contributed by atoms with van der Waals surface area (Å²) in [5.74, 6) is 0.851. The van der Waals surface area contributed by atoms with E-state index in [0.29, 0.717) is 5.22 Å². The van der Waals surface area contributed by atoms with Crippen LogP contribution in [0.25, 0.3) is 17.2 Å². The maximum absolute atomic E-state index is 5.67. The molecule has 94 valence electrons. The van der Waals surface area contributed by atoms with E-state index in [2.05, 4.69) is 35.8 Å². The topological polar surface area (TPSA) is 26.0 Å². The van der Waals surface area contributed by atoms with Gasteiger partial charge < -0.3 is 4.42 Å². The van der Waals surface area contributed by atoms with Crippen LogP contribution < -0.4 is 0 Å². The van der Waals surface area contributed by atoms with Crippen LogP contribution in [0.1, 0.15) is 11.1 Å². The van der Waals surface area contributed by atoms with Gasteiger partial charge in [0.2, 0.25) is 0 Å². The quantitative estimate of drug-likeness (QED) is 0.637. The first-order chi connectivity index (χ1) is 9.35. The first-order valence-electron chi connectivity index (χ1n) is 6.05. The fourth-order valence-corrected chi connectivity index (χ4v) is 2.60. The number of hydrogen-bond donors (Lipinski definition) is 0. The Morgan fingerprint density at radius 1 is 1.11 bits per heavy atom. The highest BCUT2D eigenvalue weighted by Crippen LogP contribution is 2.26. The number of nitrogens with zero attached hydrogens (tertiary/aromatic N) is 1. The minimum atomic E-state index is 0.717. The summed E-state index contributed by atoms with van der Waals surface area (Å²) in [6, 6.07) is 16.2. The second kappa shape index (κ2) is 5.33. The number of thioether (sulfide) groups is 1. The SMILES string of the molecule is C=Cc1ccc(CSc2nc3ccccc3o2)cc1. The van der Waals surface area contributed by atoms with Gasteiger partial charge in [-0.25, -0.2) is 4.98 Å². The predicted molar refractivity (Wildman–Crippen MR) is 80.1 cm³/mol. The van der Waals surface area contributed by atoms with Gasteiger partial charge in [0.25, 0.3) is 5.22 Å². The Bertz CT molecular complexity index is 667. The standard InChI is InChI=1S/C16H13NOS/c1-2-12-7-9-13(10-8-12)11-19-16-17-14-5-3-4-6-15(14)18-16/h2-10H,1,11H2. The molecular weight excluding hydrogens is 254 g/mol. The lowest BCUT2D eigenvalue weighted by molar-refractivity contribution is 0.489. The highest BCUT2D eigenvalue weighted by Gasteiger charge is 2.05. The average Bonchev–Trinajstić information content (AvgIpc) is 2.88.